The molecule has 1 saturated heterocycles. The van der Waals surface area contributed by atoms with Gasteiger partial charge in [0.2, 0.25) is 0 Å². The summed E-state index contributed by atoms with van der Waals surface area (Å²) >= 11 is 0. The number of ether oxygens (including phenoxy) is 2. The zero-order valence-electron chi connectivity index (χ0n) is 10.8. The summed E-state index contributed by atoms with van der Waals surface area (Å²) in [5, 5.41) is 47.8. The molecule has 1 aliphatic rings. The molecule has 1 rings (SSSR count). The summed E-state index contributed by atoms with van der Waals surface area (Å²) in [7, 11) is 1.04. The third-order valence-corrected chi connectivity index (χ3v) is 3.36. The van der Waals surface area contributed by atoms with Crippen molar-refractivity contribution >= 4 is 5.97 Å². The Balaban J connectivity index is 2.94. The smallest absolute Gasteiger partial charge is 0.366 e. The molecule has 0 aliphatic carbocycles. The highest BCUT2D eigenvalue weighted by molar-refractivity contribution is 5.77. The maximum Gasteiger partial charge on any atom is 0.366 e. The van der Waals surface area contributed by atoms with E-state index in [4.69, 9.17) is 9.84 Å². The summed E-state index contributed by atoms with van der Waals surface area (Å²) in [6.07, 6.45) is -5.84. The number of carbonyl (C=O) groups is 1. The Morgan fingerprint density at radius 2 is 2.11 bits per heavy atom. The van der Waals surface area contributed by atoms with Crippen molar-refractivity contribution in [2.24, 2.45) is 5.92 Å². The van der Waals surface area contributed by atoms with Gasteiger partial charge in [-0.1, -0.05) is 6.92 Å². The highest BCUT2D eigenvalue weighted by atomic mass is 16.7. The van der Waals surface area contributed by atoms with Crippen molar-refractivity contribution in [3.63, 3.8) is 0 Å². The molecule has 19 heavy (non-hydrogen) atoms. The van der Waals surface area contributed by atoms with Crippen LogP contribution in [0.4, 0.5) is 0 Å². The van der Waals surface area contributed by atoms with Crippen LogP contribution < -0.4 is 0 Å². The van der Waals surface area contributed by atoms with Gasteiger partial charge in [0, 0.05) is 12.3 Å². The lowest BCUT2D eigenvalue weighted by Crippen LogP contribution is -2.60. The highest BCUT2D eigenvalue weighted by Crippen LogP contribution is 2.34. The number of rotatable bonds is 4. The predicted octanol–water partition coefficient (Wildman–Crippen LogP) is -2.65. The lowest BCUT2D eigenvalue weighted by molar-refractivity contribution is -0.303. The van der Waals surface area contributed by atoms with Crippen molar-refractivity contribution in [1.82, 2.24) is 0 Å². The monoisotopic (exact) mass is 280 g/mol. The van der Waals surface area contributed by atoms with E-state index in [2.05, 4.69) is 4.74 Å². The van der Waals surface area contributed by atoms with Crippen LogP contribution in [-0.4, -0.2) is 75.4 Å². The molecule has 5 N–H and O–H groups in total. The number of aliphatic hydroxyl groups excluding tert-OH is 4. The van der Waals surface area contributed by atoms with Crippen LogP contribution >= 0.6 is 0 Å². The molecule has 0 saturated carbocycles. The van der Waals surface area contributed by atoms with Gasteiger partial charge in [-0.3, -0.25) is 0 Å². The number of carbonyl (C=O) groups excluding carboxylic acids is 1. The van der Waals surface area contributed by atoms with Crippen molar-refractivity contribution in [2.75, 3.05) is 13.7 Å². The van der Waals surface area contributed by atoms with Crippen molar-refractivity contribution in [3.8, 4) is 0 Å². The maximum atomic E-state index is 11.4. The van der Waals surface area contributed by atoms with E-state index in [1.807, 2.05) is 0 Å². The average Bonchev–Trinajstić information content (AvgIpc) is 2.40. The number of methoxy groups -OCH3 is 1. The molecule has 0 amide bonds. The largest absolute Gasteiger partial charge is 0.465 e. The first-order valence-corrected chi connectivity index (χ1v) is 5.90. The van der Waals surface area contributed by atoms with Gasteiger partial charge in [0.15, 0.2) is 0 Å². The summed E-state index contributed by atoms with van der Waals surface area (Å²) in [5.41, 5.74) is 0. The van der Waals surface area contributed by atoms with Crippen molar-refractivity contribution in [1.29, 1.82) is 0 Å². The second-order valence-electron chi connectivity index (χ2n) is 4.73. The average molecular weight is 280 g/mol. The Hall–Kier alpha value is -0.770. The Labute approximate surface area is 110 Å². The topological polar surface area (TPSA) is 137 Å². The minimum absolute atomic E-state index is 0.403. The molecular formula is C11H20O8. The van der Waals surface area contributed by atoms with E-state index >= 15 is 0 Å². The normalized spacial score (nSPS) is 38.6. The van der Waals surface area contributed by atoms with E-state index in [1.165, 1.54) is 6.92 Å². The van der Waals surface area contributed by atoms with E-state index in [0.29, 0.717) is 0 Å². The van der Waals surface area contributed by atoms with Crippen LogP contribution in [0, 0.1) is 5.92 Å². The molecule has 0 bridgehead atoms. The third kappa shape index (κ3) is 3.22. The van der Waals surface area contributed by atoms with Gasteiger partial charge in [0.05, 0.1) is 25.9 Å². The summed E-state index contributed by atoms with van der Waals surface area (Å²) in [6.45, 7) is 0.806. The van der Waals surface area contributed by atoms with E-state index in [9.17, 15) is 25.2 Å². The SMILES string of the molecule is COC(=O)C1(O)CC(O)C(C)C([C@H](O)[C@H](O)CO)O1. The molecular weight excluding hydrogens is 260 g/mol. The third-order valence-electron chi connectivity index (χ3n) is 3.36. The minimum Gasteiger partial charge on any atom is -0.465 e. The molecule has 0 aromatic rings. The van der Waals surface area contributed by atoms with Crippen molar-refractivity contribution < 1.29 is 39.8 Å². The van der Waals surface area contributed by atoms with Crippen molar-refractivity contribution in [3.05, 3.63) is 0 Å². The van der Waals surface area contributed by atoms with Crippen LogP contribution in [0.2, 0.25) is 0 Å². The van der Waals surface area contributed by atoms with Gasteiger partial charge >= 0.3 is 5.97 Å². The summed E-state index contributed by atoms with van der Waals surface area (Å²) in [5.74, 6) is -4.14. The Kier molecular flexibility index (Phi) is 5.25. The van der Waals surface area contributed by atoms with Crippen molar-refractivity contribution in [2.45, 2.75) is 43.5 Å². The Morgan fingerprint density at radius 3 is 2.58 bits per heavy atom. The molecule has 6 atom stereocenters. The maximum absolute atomic E-state index is 11.4. The van der Waals surface area contributed by atoms with Gasteiger partial charge in [0.1, 0.15) is 12.2 Å². The first kappa shape index (κ1) is 16.3. The highest BCUT2D eigenvalue weighted by Gasteiger charge is 2.52. The second kappa shape index (κ2) is 6.12. The van der Waals surface area contributed by atoms with Crippen LogP contribution in [-0.2, 0) is 14.3 Å². The van der Waals surface area contributed by atoms with Crippen LogP contribution in [0.1, 0.15) is 13.3 Å². The van der Waals surface area contributed by atoms with E-state index < -0.39 is 55.1 Å². The van der Waals surface area contributed by atoms with E-state index in [0.717, 1.165) is 7.11 Å². The lowest BCUT2D eigenvalue weighted by atomic mass is 9.85. The quantitative estimate of drug-likeness (QED) is 0.352. The Morgan fingerprint density at radius 1 is 1.53 bits per heavy atom. The lowest BCUT2D eigenvalue weighted by Gasteiger charge is -2.43. The molecule has 0 spiro atoms. The fraction of sp³-hybridized carbons (Fsp3) is 0.909. The van der Waals surface area contributed by atoms with Gasteiger partial charge in [-0.25, -0.2) is 4.79 Å². The van der Waals surface area contributed by atoms with Gasteiger partial charge in [-0.05, 0) is 0 Å². The molecule has 8 heteroatoms. The number of esters is 1. The summed E-state index contributed by atoms with van der Waals surface area (Å²) in [6, 6.07) is 0. The molecule has 1 heterocycles. The van der Waals surface area contributed by atoms with Crippen LogP contribution in [0.25, 0.3) is 0 Å². The number of hydrogen-bond donors (Lipinski definition) is 5. The fourth-order valence-corrected chi connectivity index (χ4v) is 2.07. The summed E-state index contributed by atoms with van der Waals surface area (Å²) < 4.78 is 9.47. The molecule has 0 aromatic carbocycles. The van der Waals surface area contributed by atoms with E-state index in [-0.39, 0.29) is 0 Å². The molecule has 8 nitrogen and oxygen atoms in total. The van der Waals surface area contributed by atoms with Crippen LogP contribution in [0.15, 0.2) is 0 Å². The fourth-order valence-electron chi connectivity index (χ4n) is 2.07. The minimum atomic E-state index is -2.39. The van der Waals surface area contributed by atoms with Gasteiger partial charge in [-0.15, -0.1) is 0 Å². The van der Waals surface area contributed by atoms with E-state index in [1.54, 1.807) is 0 Å². The summed E-state index contributed by atoms with van der Waals surface area (Å²) in [4.78, 5) is 11.4. The van der Waals surface area contributed by atoms with Crippen LogP contribution in [0.5, 0.6) is 0 Å². The van der Waals surface area contributed by atoms with Gasteiger partial charge < -0.3 is 35.0 Å². The Bertz CT molecular complexity index is 322. The standard InChI is InChI=1S/C11H20O8/c1-5-6(13)3-11(17,10(16)18-2)19-9(5)8(15)7(14)4-12/h5-9,12-15,17H,3-4H2,1-2H3/t5?,6?,7-,8-,9?,11?/m1/s1. The zero-order chi connectivity index (χ0) is 14.8. The molecule has 1 aliphatic heterocycles. The molecule has 0 radical (unpaired) electrons. The molecule has 112 valence electrons. The van der Waals surface area contributed by atoms with Gasteiger partial charge in [0.25, 0.3) is 5.79 Å². The second-order valence-corrected chi connectivity index (χ2v) is 4.73. The number of hydrogen-bond acceptors (Lipinski definition) is 8. The zero-order valence-corrected chi connectivity index (χ0v) is 10.8. The first-order valence-electron chi connectivity index (χ1n) is 5.90. The van der Waals surface area contributed by atoms with Gasteiger partial charge in [-0.2, -0.15) is 0 Å². The molecule has 4 unspecified atom stereocenters. The number of aliphatic hydroxyl groups is 5. The van der Waals surface area contributed by atoms with Crippen LogP contribution in [0.3, 0.4) is 0 Å². The molecule has 0 aromatic heterocycles. The first-order chi connectivity index (χ1) is 8.76. The predicted molar refractivity (Wildman–Crippen MR) is 60.7 cm³/mol. The molecule has 1 fully saturated rings.